The maximum Gasteiger partial charge on any atom is 0.278 e. The van der Waals surface area contributed by atoms with Crippen LogP contribution in [0.3, 0.4) is 0 Å². The number of nitrogens with zero attached hydrogens (tertiary/aromatic N) is 3. The number of pyridine rings is 1. The summed E-state index contributed by atoms with van der Waals surface area (Å²) in [6.45, 7) is 0. The monoisotopic (exact) mass is 369 g/mol. The number of hydrogen-bond acceptors (Lipinski definition) is 6. The summed E-state index contributed by atoms with van der Waals surface area (Å²) in [6, 6.07) is 9.78. The Labute approximate surface area is 152 Å². The van der Waals surface area contributed by atoms with Crippen molar-refractivity contribution in [1.82, 2.24) is 20.4 Å². The number of amides is 1. The van der Waals surface area contributed by atoms with E-state index >= 15 is 0 Å². The van der Waals surface area contributed by atoms with Gasteiger partial charge in [0.2, 0.25) is 0 Å². The van der Waals surface area contributed by atoms with Crippen LogP contribution in [0, 0.1) is 0 Å². The van der Waals surface area contributed by atoms with Crippen LogP contribution in [-0.2, 0) is 0 Å². The second-order valence-corrected chi connectivity index (χ2v) is 5.45. The number of aromatic nitrogens is 3. The van der Waals surface area contributed by atoms with E-state index in [2.05, 4.69) is 25.5 Å². The van der Waals surface area contributed by atoms with Crippen molar-refractivity contribution < 1.29 is 9.90 Å². The number of H-pyrrole nitrogens is 1. The van der Waals surface area contributed by atoms with E-state index in [0.29, 0.717) is 11.3 Å². The first-order valence-electron chi connectivity index (χ1n) is 7.38. The Bertz CT molecular complexity index is 1030. The third-order valence-electron chi connectivity index (χ3n) is 3.33. The Morgan fingerprint density at radius 1 is 1.23 bits per heavy atom. The van der Waals surface area contributed by atoms with E-state index in [0.717, 1.165) is 6.20 Å². The van der Waals surface area contributed by atoms with Gasteiger partial charge >= 0.3 is 0 Å². The molecule has 3 N–H and O–H groups in total. The Balaban J connectivity index is 1.75. The van der Waals surface area contributed by atoms with Crippen LogP contribution < -0.4 is 11.0 Å². The number of nitrogens with one attached hydrogen (secondary N) is 2. The predicted octanol–water partition coefficient (Wildman–Crippen LogP) is 1.95. The highest BCUT2D eigenvalue weighted by Crippen LogP contribution is 2.25. The molecule has 0 aliphatic heterocycles. The fourth-order valence-corrected chi connectivity index (χ4v) is 2.22. The van der Waals surface area contributed by atoms with Crippen molar-refractivity contribution in [3.05, 3.63) is 75.3 Å². The number of benzene rings is 1. The molecule has 1 aromatic carbocycles. The molecular formula is C17H12ClN5O3. The number of carbonyl (C=O) groups excluding carboxylic acids is 1. The molecule has 0 bridgehead atoms. The second kappa shape index (κ2) is 7.58. The van der Waals surface area contributed by atoms with Crippen molar-refractivity contribution in [3.63, 3.8) is 0 Å². The summed E-state index contributed by atoms with van der Waals surface area (Å²) < 4.78 is 0. The molecule has 0 unspecified atom stereocenters. The minimum Gasteiger partial charge on any atom is -0.506 e. The van der Waals surface area contributed by atoms with Gasteiger partial charge in [0, 0.05) is 18.0 Å². The van der Waals surface area contributed by atoms with E-state index in [9.17, 15) is 14.7 Å². The molecule has 0 spiro atoms. The lowest BCUT2D eigenvalue weighted by Gasteiger charge is -2.02. The van der Waals surface area contributed by atoms with Crippen LogP contribution in [0.25, 0.3) is 11.5 Å². The van der Waals surface area contributed by atoms with Gasteiger partial charge < -0.3 is 10.1 Å². The third kappa shape index (κ3) is 3.76. The van der Waals surface area contributed by atoms with Crippen molar-refractivity contribution in [2.45, 2.75) is 0 Å². The fourth-order valence-electron chi connectivity index (χ4n) is 2.05. The zero-order valence-corrected chi connectivity index (χ0v) is 13.9. The van der Waals surface area contributed by atoms with E-state index in [1.54, 1.807) is 36.5 Å². The fraction of sp³-hybridized carbons (Fsp3) is 0. The highest BCUT2D eigenvalue weighted by molar-refractivity contribution is 6.34. The van der Waals surface area contributed by atoms with Crippen LogP contribution in [-0.4, -0.2) is 32.2 Å². The minimum atomic E-state index is -0.737. The molecule has 3 rings (SSSR count). The number of phenols is 1. The smallest absolute Gasteiger partial charge is 0.278 e. The van der Waals surface area contributed by atoms with Gasteiger partial charge in [-0.15, -0.1) is 0 Å². The number of phenolic OH excluding ortho intramolecular Hbond substituents is 1. The molecule has 26 heavy (non-hydrogen) atoms. The zero-order chi connectivity index (χ0) is 18.5. The molecular weight excluding hydrogens is 358 g/mol. The molecule has 9 heteroatoms. The molecule has 0 saturated heterocycles. The summed E-state index contributed by atoms with van der Waals surface area (Å²) in [6.07, 6.45) is 3.97. The van der Waals surface area contributed by atoms with Crippen LogP contribution in [0.4, 0.5) is 0 Å². The average Bonchev–Trinajstić information content (AvgIpc) is 2.65. The van der Waals surface area contributed by atoms with Crippen LogP contribution >= 0.6 is 11.6 Å². The quantitative estimate of drug-likeness (QED) is 0.479. The third-order valence-corrected chi connectivity index (χ3v) is 3.74. The lowest BCUT2D eigenvalue weighted by molar-refractivity contribution is 0.0953. The molecule has 3 aromatic rings. The molecule has 0 saturated carbocycles. The maximum atomic E-state index is 12.1. The lowest BCUT2D eigenvalue weighted by atomic mass is 10.2. The van der Waals surface area contributed by atoms with Crippen LogP contribution in [0.15, 0.2) is 58.7 Å². The zero-order valence-electron chi connectivity index (χ0n) is 13.2. The van der Waals surface area contributed by atoms with Gasteiger partial charge in [-0.25, -0.2) is 10.4 Å². The van der Waals surface area contributed by atoms with Crippen molar-refractivity contribution in [2.24, 2.45) is 5.10 Å². The van der Waals surface area contributed by atoms with Crippen LogP contribution in [0.5, 0.6) is 5.75 Å². The molecule has 0 aliphatic rings. The normalized spacial score (nSPS) is 10.8. The molecule has 130 valence electrons. The number of rotatable bonds is 4. The Morgan fingerprint density at radius 3 is 2.81 bits per heavy atom. The molecule has 2 aromatic heterocycles. The molecule has 0 atom stereocenters. The van der Waals surface area contributed by atoms with Gasteiger partial charge in [0.1, 0.15) is 17.0 Å². The Kier molecular flexibility index (Phi) is 5.04. The number of aromatic hydroxyl groups is 1. The number of aromatic amines is 1. The van der Waals surface area contributed by atoms with E-state index in [-0.39, 0.29) is 22.2 Å². The molecule has 0 fully saturated rings. The predicted molar refractivity (Wildman–Crippen MR) is 96.3 cm³/mol. The van der Waals surface area contributed by atoms with E-state index in [1.807, 2.05) is 0 Å². The van der Waals surface area contributed by atoms with Crippen molar-refractivity contribution in [3.8, 4) is 17.3 Å². The van der Waals surface area contributed by atoms with Gasteiger partial charge in [0.15, 0.2) is 5.82 Å². The number of hydrogen-bond donors (Lipinski definition) is 3. The Morgan fingerprint density at radius 2 is 2.08 bits per heavy atom. The van der Waals surface area contributed by atoms with Gasteiger partial charge in [-0.3, -0.25) is 14.6 Å². The van der Waals surface area contributed by atoms with E-state index < -0.39 is 11.5 Å². The van der Waals surface area contributed by atoms with Gasteiger partial charge in [0.25, 0.3) is 11.5 Å². The Hall–Kier alpha value is -3.52. The van der Waals surface area contributed by atoms with Crippen LogP contribution in [0.1, 0.15) is 15.9 Å². The van der Waals surface area contributed by atoms with Gasteiger partial charge in [0.05, 0.1) is 11.2 Å². The van der Waals surface area contributed by atoms with Crippen LogP contribution in [0.2, 0.25) is 5.02 Å². The SMILES string of the molecule is O=C(N/N=C/c1cccc(O)c1Cl)c1cnc(-c2ccccn2)[nH]c1=O. The summed E-state index contributed by atoms with van der Waals surface area (Å²) in [5.41, 5.74) is 2.27. The summed E-state index contributed by atoms with van der Waals surface area (Å²) in [5.74, 6) is -0.589. The first kappa shape index (κ1) is 17.3. The van der Waals surface area contributed by atoms with Gasteiger partial charge in [-0.1, -0.05) is 29.8 Å². The molecule has 0 radical (unpaired) electrons. The molecule has 1 amide bonds. The molecule has 2 heterocycles. The van der Waals surface area contributed by atoms with Gasteiger partial charge in [-0.05, 0) is 18.2 Å². The first-order chi connectivity index (χ1) is 12.6. The van der Waals surface area contributed by atoms with Crippen molar-refractivity contribution in [2.75, 3.05) is 0 Å². The standard InChI is InChI=1S/C17H12ClN5O3/c18-14-10(4-3-6-13(14)24)8-21-23-17(26)11-9-20-15(22-16(11)25)12-5-1-2-7-19-12/h1-9,24H,(H,23,26)(H,20,22,25)/b21-8+. The highest BCUT2D eigenvalue weighted by Gasteiger charge is 2.12. The number of hydrazone groups is 1. The second-order valence-electron chi connectivity index (χ2n) is 5.07. The summed E-state index contributed by atoms with van der Waals surface area (Å²) in [4.78, 5) is 34.8. The van der Waals surface area contributed by atoms with Crippen molar-refractivity contribution in [1.29, 1.82) is 0 Å². The molecule has 0 aliphatic carbocycles. The lowest BCUT2D eigenvalue weighted by Crippen LogP contribution is -2.27. The summed E-state index contributed by atoms with van der Waals surface area (Å²) >= 11 is 5.90. The average molecular weight is 370 g/mol. The minimum absolute atomic E-state index is 0.102. The van der Waals surface area contributed by atoms with E-state index in [4.69, 9.17) is 11.6 Å². The maximum absolute atomic E-state index is 12.1. The number of carbonyl (C=O) groups is 1. The van der Waals surface area contributed by atoms with Crippen molar-refractivity contribution >= 4 is 23.7 Å². The summed E-state index contributed by atoms with van der Waals surface area (Å²) in [7, 11) is 0. The number of halogens is 1. The largest absolute Gasteiger partial charge is 0.506 e. The topological polar surface area (TPSA) is 120 Å². The van der Waals surface area contributed by atoms with Gasteiger partial charge in [-0.2, -0.15) is 5.10 Å². The van der Waals surface area contributed by atoms with E-state index in [1.165, 1.54) is 12.3 Å². The first-order valence-corrected chi connectivity index (χ1v) is 7.75. The highest BCUT2D eigenvalue weighted by atomic mass is 35.5. The summed E-state index contributed by atoms with van der Waals surface area (Å²) in [5, 5.41) is 13.3. The molecule has 8 nitrogen and oxygen atoms in total.